The van der Waals surface area contributed by atoms with Gasteiger partial charge in [-0.3, -0.25) is 9.48 Å². The Balaban J connectivity index is 1.75. The Morgan fingerprint density at radius 2 is 2.00 bits per heavy atom. The van der Waals surface area contributed by atoms with E-state index in [9.17, 15) is 9.18 Å². The van der Waals surface area contributed by atoms with Crippen molar-refractivity contribution in [3.05, 3.63) is 65.3 Å². The maximum absolute atomic E-state index is 13.7. The van der Waals surface area contributed by atoms with Gasteiger partial charge in [-0.1, -0.05) is 39.7 Å². The Morgan fingerprint density at radius 3 is 2.64 bits per heavy atom. The maximum Gasteiger partial charge on any atom is 0.221 e. The van der Waals surface area contributed by atoms with Gasteiger partial charge >= 0.3 is 0 Å². The third-order valence-electron chi connectivity index (χ3n) is 5.81. The number of benzene rings is 1. The van der Waals surface area contributed by atoms with Crippen LogP contribution in [0.4, 0.5) is 4.39 Å². The van der Waals surface area contributed by atoms with Crippen LogP contribution >= 0.6 is 0 Å². The molecule has 1 atom stereocenters. The summed E-state index contributed by atoms with van der Waals surface area (Å²) in [5, 5.41) is 4.70. The molecule has 0 spiro atoms. The molecule has 0 radical (unpaired) electrons. The lowest BCUT2D eigenvalue weighted by Gasteiger charge is -2.11. The van der Waals surface area contributed by atoms with E-state index in [1.165, 1.54) is 6.07 Å². The smallest absolute Gasteiger partial charge is 0.221 e. The van der Waals surface area contributed by atoms with Gasteiger partial charge in [0.2, 0.25) is 5.89 Å². The highest BCUT2D eigenvalue weighted by Crippen LogP contribution is 2.24. The molecular formula is C27H34FN3O2. The summed E-state index contributed by atoms with van der Waals surface area (Å²) >= 11 is 0. The van der Waals surface area contributed by atoms with Crippen molar-refractivity contribution in [1.29, 1.82) is 0 Å². The number of carbonyl (C=O) groups is 1. The minimum absolute atomic E-state index is 0.132. The summed E-state index contributed by atoms with van der Waals surface area (Å²) in [5.41, 5.74) is 4.28. The van der Waals surface area contributed by atoms with E-state index in [1.54, 1.807) is 25.3 Å². The Labute approximate surface area is 195 Å². The molecule has 0 saturated carbocycles. The first-order chi connectivity index (χ1) is 15.8. The third-order valence-corrected chi connectivity index (χ3v) is 5.81. The van der Waals surface area contributed by atoms with Crippen molar-refractivity contribution in [2.24, 2.45) is 5.92 Å². The number of aryl methyl sites for hydroxylation is 3. The van der Waals surface area contributed by atoms with E-state index < -0.39 is 0 Å². The Hall–Kier alpha value is -3.02. The van der Waals surface area contributed by atoms with Crippen molar-refractivity contribution in [3.63, 3.8) is 0 Å². The predicted octanol–water partition coefficient (Wildman–Crippen LogP) is 6.73. The lowest BCUT2D eigenvalue weighted by molar-refractivity contribution is -0.123. The largest absolute Gasteiger partial charge is 0.442 e. The summed E-state index contributed by atoms with van der Waals surface area (Å²) in [6, 6.07) is 7.01. The first kappa shape index (κ1) is 24.6. The van der Waals surface area contributed by atoms with E-state index in [4.69, 9.17) is 9.52 Å². The number of allylic oxidation sites excluding steroid dienone is 2. The van der Waals surface area contributed by atoms with Gasteiger partial charge in [0.05, 0.1) is 11.9 Å². The number of rotatable bonds is 11. The first-order valence-corrected chi connectivity index (χ1v) is 11.8. The van der Waals surface area contributed by atoms with Crippen molar-refractivity contribution in [1.82, 2.24) is 14.8 Å². The number of halogens is 1. The summed E-state index contributed by atoms with van der Waals surface area (Å²) in [6.45, 7) is 10.0. The van der Waals surface area contributed by atoms with Gasteiger partial charge in [0.15, 0.2) is 5.78 Å². The molecule has 33 heavy (non-hydrogen) atoms. The molecule has 2 heterocycles. The number of nitrogens with zero attached hydrogens (tertiary/aromatic N) is 3. The highest BCUT2D eigenvalue weighted by Gasteiger charge is 2.18. The molecule has 6 heteroatoms. The van der Waals surface area contributed by atoms with Crippen LogP contribution in [0, 0.1) is 25.6 Å². The highest BCUT2D eigenvalue weighted by atomic mass is 19.1. The Bertz CT molecular complexity index is 1130. The minimum Gasteiger partial charge on any atom is -0.442 e. The molecule has 0 aliphatic rings. The van der Waals surface area contributed by atoms with Crippen LogP contribution in [0.3, 0.4) is 0 Å². The van der Waals surface area contributed by atoms with E-state index >= 15 is 0 Å². The number of hydrogen-bond donors (Lipinski definition) is 0. The van der Waals surface area contributed by atoms with E-state index in [2.05, 4.69) is 24.9 Å². The molecule has 0 amide bonds. The van der Waals surface area contributed by atoms with Gasteiger partial charge in [-0.25, -0.2) is 9.37 Å². The van der Waals surface area contributed by atoms with Gasteiger partial charge in [0, 0.05) is 22.7 Å². The molecule has 3 aromatic rings. The molecule has 0 bridgehead atoms. The van der Waals surface area contributed by atoms with Crippen LogP contribution in [0.1, 0.15) is 69.4 Å². The van der Waals surface area contributed by atoms with Crippen LogP contribution in [-0.4, -0.2) is 20.5 Å². The standard InChI is InChI=1S/C27H34FN3O2/c1-6-8-21(27-29-16-20(5)33-27)11-10-18(3)26(32)17-31-23(9-7-2)15-25(30-31)22-12-13-24(28)19(4)14-22/h11-16,18H,6-10,17H2,1-5H3. The van der Waals surface area contributed by atoms with Gasteiger partial charge in [0.1, 0.15) is 18.1 Å². The summed E-state index contributed by atoms with van der Waals surface area (Å²) in [4.78, 5) is 17.4. The van der Waals surface area contributed by atoms with Gasteiger partial charge in [0.25, 0.3) is 0 Å². The number of carbonyl (C=O) groups excluding carboxylic acids is 1. The van der Waals surface area contributed by atoms with Crippen molar-refractivity contribution >= 4 is 11.4 Å². The number of hydrogen-bond acceptors (Lipinski definition) is 4. The normalized spacial score (nSPS) is 12.8. The maximum atomic E-state index is 13.7. The van der Waals surface area contributed by atoms with Crippen molar-refractivity contribution < 1.29 is 13.6 Å². The molecule has 0 saturated heterocycles. The minimum atomic E-state index is -0.230. The number of oxazole rings is 1. The van der Waals surface area contributed by atoms with Gasteiger partial charge in [-0.05, 0) is 62.9 Å². The van der Waals surface area contributed by atoms with Crippen LogP contribution in [0.2, 0.25) is 0 Å². The molecule has 0 aliphatic carbocycles. The Kier molecular flexibility index (Phi) is 8.37. The second-order valence-corrected chi connectivity index (χ2v) is 8.75. The molecule has 1 aromatic carbocycles. The van der Waals surface area contributed by atoms with Gasteiger partial charge < -0.3 is 4.42 Å². The lowest BCUT2D eigenvalue weighted by atomic mass is 9.99. The van der Waals surface area contributed by atoms with Crippen molar-refractivity contribution in [3.8, 4) is 11.3 Å². The van der Waals surface area contributed by atoms with Gasteiger partial charge in [-0.15, -0.1) is 0 Å². The molecule has 176 valence electrons. The zero-order chi connectivity index (χ0) is 24.0. The second-order valence-electron chi connectivity index (χ2n) is 8.75. The average Bonchev–Trinajstić information content (AvgIpc) is 3.39. The van der Waals surface area contributed by atoms with Crippen LogP contribution in [0.15, 0.2) is 41.0 Å². The molecule has 5 nitrogen and oxygen atoms in total. The van der Waals surface area contributed by atoms with Crippen LogP contribution in [0.5, 0.6) is 0 Å². The van der Waals surface area contributed by atoms with Crippen LogP contribution in [0.25, 0.3) is 16.8 Å². The Morgan fingerprint density at radius 1 is 1.21 bits per heavy atom. The quantitative estimate of drug-likeness (QED) is 0.324. The van der Waals surface area contributed by atoms with Crippen molar-refractivity contribution in [2.45, 2.75) is 73.3 Å². The molecule has 0 aliphatic heterocycles. The van der Waals surface area contributed by atoms with Gasteiger partial charge in [-0.2, -0.15) is 5.10 Å². The molecule has 3 rings (SSSR count). The molecule has 1 unspecified atom stereocenters. The predicted molar refractivity (Wildman–Crippen MR) is 129 cm³/mol. The van der Waals surface area contributed by atoms with Crippen LogP contribution in [-0.2, 0) is 17.8 Å². The summed E-state index contributed by atoms with van der Waals surface area (Å²) in [7, 11) is 0. The summed E-state index contributed by atoms with van der Waals surface area (Å²) in [5.74, 6) is 1.18. The van der Waals surface area contributed by atoms with E-state index in [0.717, 1.165) is 54.0 Å². The van der Waals surface area contributed by atoms with Crippen molar-refractivity contribution in [2.75, 3.05) is 0 Å². The SMILES string of the molecule is CCCC(=CCC(C)C(=O)Cn1nc(-c2ccc(F)c(C)c2)cc1CCC)c1ncc(C)o1. The third kappa shape index (κ3) is 6.28. The van der Waals surface area contributed by atoms with E-state index in [0.29, 0.717) is 17.9 Å². The van der Waals surface area contributed by atoms with Crippen LogP contribution < -0.4 is 0 Å². The van der Waals surface area contributed by atoms with E-state index in [-0.39, 0.29) is 24.1 Å². The number of aromatic nitrogens is 3. The fourth-order valence-electron chi connectivity index (χ4n) is 3.82. The van der Waals surface area contributed by atoms with E-state index in [1.807, 2.05) is 24.6 Å². The fourth-order valence-corrected chi connectivity index (χ4v) is 3.82. The zero-order valence-corrected chi connectivity index (χ0v) is 20.3. The first-order valence-electron chi connectivity index (χ1n) is 11.8. The lowest BCUT2D eigenvalue weighted by Crippen LogP contribution is -2.20. The second kappa shape index (κ2) is 11.2. The number of Topliss-reactive ketones (excluding diaryl/α,β-unsaturated/α-hetero) is 1. The molecular weight excluding hydrogens is 417 g/mol. The summed E-state index contributed by atoms with van der Waals surface area (Å²) < 4.78 is 21.2. The highest BCUT2D eigenvalue weighted by molar-refractivity contribution is 5.81. The molecule has 0 fully saturated rings. The average molecular weight is 452 g/mol. The fraction of sp³-hybridized carbons (Fsp3) is 0.444. The number of ketones is 1. The summed E-state index contributed by atoms with van der Waals surface area (Å²) in [6.07, 6.45) is 8.07. The topological polar surface area (TPSA) is 60.9 Å². The monoisotopic (exact) mass is 451 g/mol. The molecule has 0 N–H and O–H groups in total. The molecule has 2 aromatic heterocycles. The zero-order valence-electron chi connectivity index (χ0n) is 20.3.